The van der Waals surface area contributed by atoms with Crippen molar-refractivity contribution >= 4 is 11.5 Å². The second-order valence-corrected chi connectivity index (χ2v) is 3.50. The minimum absolute atomic E-state index is 0.0605. The second kappa shape index (κ2) is 4.67. The highest BCUT2D eigenvalue weighted by Crippen LogP contribution is 2.26. The Morgan fingerprint density at radius 3 is 2.53 bits per heavy atom. The average molecular weight is 229 g/mol. The van der Waals surface area contributed by atoms with Gasteiger partial charge in [-0.25, -0.2) is 5.06 Å². The summed E-state index contributed by atoms with van der Waals surface area (Å²) < 4.78 is 0. The lowest BCUT2D eigenvalue weighted by atomic mass is 10.1. The zero-order valence-electron chi connectivity index (χ0n) is 8.95. The quantitative estimate of drug-likeness (QED) is 0.602. The molecular weight excluding hydrogens is 218 g/mol. The predicted octanol–water partition coefficient (Wildman–Crippen LogP) is 2.17. The molecule has 2 N–H and O–H groups in total. The predicted molar refractivity (Wildman–Crippen MR) is 63.7 cm³/mol. The number of para-hydroxylation sites is 2. The smallest absolute Gasteiger partial charge is 0.187 e. The van der Waals surface area contributed by atoms with Gasteiger partial charge in [-0.1, -0.05) is 24.3 Å². The highest BCUT2D eigenvalue weighted by molar-refractivity contribution is 6.07. The van der Waals surface area contributed by atoms with Crippen LogP contribution < -0.4 is 5.06 Å². The van der Waals surface area contributed by atoms with Crippen molar-refractivity contribution in [1.29, 1.82) is 0 Å². The molecule has 0 aliphatic heterocycles. The molecular formula is C13H11NO3. The van der Waals surface area contributed by atoms with E-state index in [4.69, 9.17) is 0 Å². The molecule has 0 amide bonds. The van der Waals surface area contributed by atoms with Gasteiger partial charge < -0.3 is 5.11 Å². The summed E-state index contributed by atoms with van der Waals surface area (Å²) in [5, 5.41) is 20.0. The number of nitrogens with zero attached hydrogens (tertiary/aromatic N) is 1. The Kier molecular flexibility index (Phi) is 3.07. The lowest BCUT2D eigenvalue weighted by Gasteiger charge is -2.14. The van der Waals surface area contributed by atoms with Crippen molar-refractivity contribution in [2.75, 3.05) is 5.06 Å². The van der Waals surface area contributed by atoms with E-state index in [1.165, 1.54) is 18.3 Å². The molecule has 1 aliphatic carbocycles. The van der Waals surface area contributed by atoms with E-state index in [1.54, 1.807) is 36.4 Å². The molecule has 0 unspecified atom stereocenters. The van der Waals surface area contributed by atoms with E-state index < -0.39 is 0 Å². The van der Waals surface area contributed by atoms with Crippen LogP contribution >= 0.6 is 0 Å². The first kappa shape index (κ1) is 11.2. The first-order chi connectivity index (χ1) is 8.18. The van der Waals surface area contributed by atoms with Gasteiger partial charge in [0.2, 0.25) is 0 Å². The Labute approximate surface area is 98.4 Å². The van der Waals surface area contributed by atoms with Crippen molar-refractivity contribution in [3.8, 4) is 5.75 Å². The third-order valence-electron chi connectivity index (χ3n) is 2.31. The van der Waals surface area contributed by atoms with Crippen molar-refractivity contribution in [1.82, 2.24) is 0 Å². The molecule has 0 aromatic heterocycles. The topological polar surface area (TPSA) is 60.8 Å². The van der Waals surface area contributed by atoms with Crippen molar-refractivity contribution < 1.29 is 15.1 Å². The van der Waals surface area contributed by atoms with Crippen molar-refractivity contribution in [2.45, 2.75) is 0 Å². The van der Waals surface area contributed by atoms with Gasteiger partial charge in [0.1, 0.15) is 11.4 Å². The molecule has 0 spiro atoms. The van der Waals surface area contributed by atoms with Gasteiger partial charge in [-0.3, -0.25) is 10.0 Å². The Morgan fingerprint density at radius 2 is 1.82 bits per heavy atom. The highest BCUT2D eigenvalue weighted by Gasteiger charge is 2.10. The highest BCUT2D eigenvalue weighted by atomic mass is 16.5. The lowest BCUT2D eigenvalue weighted by molar-refractivity contribution is -0.111. The van der Waals surface area contributed by atoms with Crippen LogP contribution in [0, 0.1) is 0 Å². The van der Waals surface area contributed by atoms with Crippen LogP contribution in [0.15, 0.2) is 60.3 Å². The molecule has 1 aliphatic rings. The molecule has 17 heavy (non-hydrogen) atoms. The van der Waals surface area contributed by atoms with Crippen LogP contribution in [0.25, 0.3) is 0 Å². The standard InChI is InChI=1S/C13H11NO3/c15-12-7-3-1-5-10(12)9-14(17)11-6-2-4-8-13(11)16/h1-9,16-17H/b10-9+. The number of benzene rings is 1. The largest absolute Gasteiger partial charge is 0.506 e. The number of hydroxylamine groups is 1. The molecule has 1 aromatic rings. The monoisotopic (exact) mass is 229 g/mol. The van der Waals surface area contributed by atoms with E-state index >= 15 is 0 Å². The molecule has 0 saturated heterocycles. The van der Waals surface area contributed by atoms with Gasteiger partial charge in [0.05, 0.1) is 0 Å². The molecule has 0 heterocycles. The van der Waals surface area contributed by atoms with Gasteiger partial charge in [-0.2, -0.15) is 0 Å². The Balaban J connectivity index is 2.28. The summed E-state index contributed by atoms with van der Waals surface area (Å²) in [7, 11) is 0. The molecule has 0 radical (unpaired) electrons. The first-order valence-electron chi connectivity index (χ1n) is 5.05. The number of rotatable bonds is 2. The summed E-state index contributed by atoms with van der Waals surface area (Å²) in [6.07, 6.45) is 7.58. The number of ketones is 1. The third kappa shape index (κ3) is 2.43. The van der Waals surface area contributed by atoms with Crippen molar-refractivity contribution in [2.24, 2.45) is 0 Å². The lowest BCUT2D eigenvalue weighted by Crippen LogP contribution is -2.13. The Morgan fingerprint density at radius 1 is 1.12 bits per heavy atom. The van der Waals surface area contributed by atoms with Crippen LogP contribution in [0.5, 0.6) is 5.75 Å². The van der Waals surface area contributed by atoms with E-state index in [2.05, 4.69) is 0 Å². The fraction of sp³-hybridized carbons (Fsp3) is 0. The number of anilines is 1. The van der Waals surface area contributed by atoms with Crippen LogP contribution in [0.1, 0.15) is 0 Å². The summed E-state index contributed by atoms with van der Waals surface area (Å²) >= 11 is 0. The summed E-state index contributed by atoms with van der Waals surface area (Å²) in [6.45, 7) is 0. The van der Waals surface area contributed by atoms with E-state index in [-0.39, 0.29) is 17.2 Å². The summed E-state index contributed by atoms with van der Waals surface area (Å²) in [5.41, 5.74) is 0.564. The number of carbonyl (C=O) groups excluding carboxylic acids is 1. The van der Waals surface area contributed by atoms with Gasteiger partial charge in [-0.15, -0.1) is 0 Å². The van der Waals surface area contributed by atoms with E-state index in [0.717, 1.165) is 5.06 Å². The molecule has 1 aromatic carbocycles. The fourth-order valence-electron chi connectivity index (χ4n) is 1.45. The molecule has 0 saturated carbocycles. The molecule has 0 atom stereocenters. The number of aromatic hydroxyl groups is 1. The second-order valence-electron chi connectivity index (χ2n) is 3.50. The van der Waals surface area contributed by atoms with Gasteiger partial charge in [0, 0.05) is 11.8 Å². The molecule has 0 bridgehead atoms. The van der Waals surface area contributed by atoms with Crippen molar-refractivity contribution in [3.05, 3.63) is 60.3 Å². The molecule has 0 fully saturated rings. The normalized spacial score (nSPS) is 16.5. The zero-order chi connectivity index (χ0) is 12.3. The summed E-state index contributed by atoms with van der Waals surface area (Å²) in [4.78, 5) is 11.4. The van der Waals surface area contributed by atoms with Crippen LogP contribution in [0.3, 0.4) is 0 Å². The average Bonchev–Trinajstić information content (AvgIpc) is 2.32. The van der Waals surface area contributed by atoms with E-state index in [1.807, 2.05) is 0 Å². The Hall–Kier alpha value is -2.33. The maximum absolute atomic E-state index is 11.4. The SMILES string of the molecule is O=C1C=CC=C/C1=C\N(O)c1ccccc1O. The molecule has 86 valence electrons. The number of hydrogen-bond donors (Lipinski definition) is 2. The van der Waals surface area contributed by atoms with Gasteiger partial charge >= 0.3 is 0 Å². The van der Waals surface area contributed by atoms with Crippen molar-refractivity contribution in [3.63, 3.8) is 0 Å². The zero-order valence-corrected chi connectivity index (χ0v) is 8.95. The number of hydrogen-bond acceptors (Lipinski definition) is 4. The number of phenolic OH excluding ortho intramolecular Hbond substituents is 1. The minimum atomic E-state index is -0.193. The number of carbonyl (C=O) groups is 1. The van der Waals surface area contributed by atoms with Gasteiger partial charge in [0.15, 0.2) is 5.78 Å². The van der Waals surface area contributed by atoms with E-state index in [9.17, 15) is 15.1 Å². The summed E-state index contributed by atoms with van der Waals surface area (Å²) in [5.74, 6) is -0.253. The fourth-order valence-corrected chi connectivity index (χ4v) is 1.45. The van der Waals surface area contributed by atoms with Gasteiger partial charge in [0.25, 0.3) is 0 Å². The van der Waals surface area contributed by atoms with Crippen LogP contribution in [0.2, 0.25) is 0 Å². The molecule has 4 nitrogen and oxygen atoms in total. The van der Waals surface area contributed by atoms with Gasteiger partial charge in [-0.05, 0) is 24.3 Å². The minimum Gasteiger partial charge on any atom is -0.506 e. The molecule has 4 heteroatoms. The maximum atomic E-state index is 11.4. The van der Waals surface area contributed by atoms with Crippen LogP contribution in [0.4, 0.5) is 5.69 Å². The maximum Gasteiger partial charge on any atom is 0.187 e. The van der Waals surface area contributed by atoms with Crippen LogP contribution in [-0.2, 0) is 4.79 Å². The van der Waals surface area contributed by atoms with Crippen LogP contribution in [-0.4, -0.2) is 16.1 Å². The van der Waals surface area contributed by atoms with E-state index in [0.29, 0.717) is 5.57 Å². The third-order valence-corrected chi connectivity index (χ3v) is 2.31. The number of allylic oxidation sites excluding steroid dienone is 5. The number of phenols is 1. The summed E-state index contributed by atoms with van der Waals surface area (Å²) in [6, 6.07) is 6.32. The Bertz CT molecular complexity index is 529. The molecule has 2 rings (SSSR count). The first-order valence-corrected chi connectivity index (χ1v) is 5.05.